The predicted molar refractivity (Wildman–Crippen MR) is 43.0 cm³/mol. The van der Waals surface area contributed by atoms with Gasteiger partial charge >= 0.3 is 13.9 Å². The van der Waals surface area contributed by atoms with Crippen LogP contribution in [-0.4, -0.2) is 22.8 Å². The molecule has 4 nitrogen and oxygen atoms in total. The lowest BCUT2D eigenvalue weighted by Gasteiger charge is -1.99. The Morgan fingerprint density at radius 3 is 2.18 bits per heavy atom. The van der Waals surface area contributed by atoms with Crippen molar-refractivity contribution >= 4 is 13.9 Å². The van der Waals surface area contributed by atoms with Crippen LogP contribution in [0.15, 0.2) is 0 Å². The molecule has 0 spiro atoms. The molecule has 2 N–H and O–H groups in total. The van der Waals surface area contributed by atoms with Crippen molar-refractivity contribution in [3.63, 3.8) is 0 Å². The van der Waals surface area contributed by atoms with Crippen LogP contribution in [0.2, 0.25) is 0 Å². The first kappa shape index (κ1) is 10.5. The molecule has 2 atom stereocenters. The molecule has 0 aromatic heterocycles. The third-order valence-corrected chi connectivity index (χ3v) is 2.74. The molecular weight excluding hydrogens is 165 g/mol. The van der Waals surface area contributed by atoms with E-state index in [1.54, 1.807) is 13.8 Å². The van der Waals surface area contributed by atoms with Gasteiger partial charge in [0, 0.05) is 0 Å². The number of hydrogen-bond donors (Lipinski definition) is 2. The van der Waals surface area contributed by atoms with Crippen molar-refractivity contribution in [3.8, 4) is 0 Å². The van der Waals surface area contributed by atoms with E-state index in [2.05, 4.69) is 5.09 Å². The van der Waals surface area contributed by atoms with Gasteiger partial charge in [0.1, 0.15) is 6.04 Å². The summed E-state index contributed by atoms with van der Waals surface area (Å²) in [5, 5.41) is 10.9. The summed E-state index contributed by atoms with van der Waals surface area (Å²) in [6.07, 6.45) is 0. The number of carboxylic acids is 1. The SMILES string of the molecule is CC(C)[P+](=O)N[C@H](C)C(=O)O. The maximum absolute atomic E-state index is 11.0. The molecule has 0 rings (SSSR count). The topological polar surface area (TPSA) is 66.4 Å². The smallest absolute Gasteiger partial charge is 0.435 e. The van der Waals surface area contributed by atoms with E-state index in [1.165, 1.54) is 6.92 Å². The van der Waals surface area contributed by atoms with E-state index in [1.807, 2.05) is 0 Å². The summed E-state index contributed by atoms with van der Waals surface area (Å²) in [7, 11) is -1.59. The van der Waals surface area contributed by atoms with Gasteiger partial charge in [-0.25, -0.2) is 0 Å². The van der Waals surface area contributed by atoms with E-state index in [9.17, 15) is 9.36 Å². The molecule has 1 unspecified atom stereocenters. The van der Waals surface area contributed by atoms with Crippen molar-refractivity contribution in [2.45, 2.75) is 32.5 Å². The molecule has 11 heavy (non-hydrogen) atoms. The summed E-state index contributed by atoms with van der Waals surface area (Å²) in [5.41, 5.74) is -0.0215. The van der Waals surface area contributed by atoms with E-state index < -0.39 is 20.0 Å². The van der Waals surface area contributed by atoms with Crippen LogP contribution in [0, 0.1) is 0 Å². The first-order valence-corrected chi connectivity index (χ1v) is 4.73. The molecule has 64 valence electrons. The summed E-state index contributed by atoms with van der Waals surface area (Å²) >= 11 is 0. The van der Waals surface area contributed by atoms with E-state index in [-0.39, 0.29) is 5.66 Å². The van der Waals surface area contributed by atoms with Gasteiger partial charge in [-0.05, 0) is 20.8 Å². The summed E-state index contributed by atoms with van der Waals surface area (Å²) in [6.45, 7) is 5.03. The molecule has 0 saturated carbocycles. The Morgan fingerprint density at radius 1 is 1.45 bits per heavy atom. The molecular formula is C6H13NO3P+. The maximum atomic E-state index is 11.0. The molecule has 0 bridgehead atoms. The fourth-order valence-corrected chi connectivity index (χ4v) is 1.19. The largest absolute Gasteiger partial charge is 0.480 e. The average molecular weight is 178 g/mol. The van der Waals surface area contributed by atoms with E-state index in [0.717, 1.165) is 0 Å². The number of aliphatic carboxylic acids is 1. The van der Waals surface area contributed by atoms with Crippen LogP contribution >= 0.6 is 7.95 Å². The van der Waals surface area contributed by atoms with Gasteiger partial charge in [-0.1, -0.05) is 9.65 Å². The molecule has 0 aromatic carbocycles. The number of nitrogens with one attached hydrogen (secondary N) is 1. The zero-order chi connectivity index (χ0) is 9.02. The van der Waals surface area contributed by atoms with Crippen molar-refractivity contribution < 1.29 is 14.5 Å². The van der Waals surface area contributed by atoms with E-state index in [4.69, 9.17) is 5.11 Å². The highest BCUT2D eigenvalue weighted by molar-refractivity contribution is 7.43. The van der Waals surface area contributed by atoms with Gasteiger partial charge in [0.2, 0.25) is 0 Å². The second-order valence-corrected chi connectivity index (χ2v) is 4.55. The number of carboxylic acid groups (broad SMARTS) is 1. The highest BCUT2D eigenvalue weighted by Crippen LogP contribution is 2.22. The molecule has 0 aromatic rings. The summed E-state index contributed by atoms with van der Waals surface area (Å²) in [4.78, 5) is 10.3. The maximum Gasteiger partial charge on any atom is 0.435 e. The van der Waals surface area contributed by atoms with Crippen LogP contribution in [-0.2, 0) is 9.36 Å². The Hall–Kier alpha value is -0.470. The monoisotopic (exact) mass is 178 g/mol. The first-order valence-electron chi connectivity index (χ1n) is 3.40. The standard InChI is InChI=1S/C6H12NO3P/c1-4(2)11(10)7-5(3)6(8)9/h4-5H,1-3H3,(H-,7,8,9,10)/p+1/t5-/m1/s1. The highest BCUT2D eigenvalue weighted by Gasteiger charge is 2.26. The van der Waals surface area contributed by atoms with Crippen molar-refractivity contribution in [1.29, 1.82) is 0 Å². The number of carbonyl (C=O) groups is 1. The number of hydrogen-bond acceptors (Lipinski definition) is 2. The predicted octanol–water partition coefficient (Wildman–Crippen LogP) is 1.20. The lowest BCUT2D eigenvalue weighted by molar-refractivity contribution is -0.138. The quantitative estimate of drug-likeness (QED) is 0.635. The highest BCUT2D eigenvalue weighted by atomic mass is 31.1. The van der Waals surface area contributed by atoms with Crippen molar-refractivity contribution in [2.75, 3.05) is 0 Å². The minimum atomic E-state index is -1.59. The van der Waals surface area contributed by atoms with Gasteiger partial charge in [0.25, 0.3) is 0 Å². The fourth-order valence-electron chi connectivity index (χ4n) is 0.395. The minimum absolute atomic E-state index is 0.0215. The van der Waals surface area contributed by atoms with Crippen molar-refractivity contribution in [3.05, 3.63) is 0 Å². The van der Waals surface area contributed by atoms with E-state index >= 15 is 0 Å². The van der Waals surface area contributed by atoms with Crippen LogP contribution in [0.3, 0.4) is 0 Å². The third kappa shape index (κ3) is 4.06. The number of rotatable bonds is 4. The van der Waals surface area contributed by atoms with Gasteiger partial charge in [0.05, 0.1) is 0 Å². The van der Waals surface area contributed by atoms with E-state index in [0.29, 0.717) is 0 Å². The Balaban J connectivity index is 3.85. The van der Waals surface area contributed by atoms with Gasteiger partial charge in [-0.3, -0.25) is 4.79 Å². The molecule has 0 heterocycles. The summed E-state index contributed by atoms with van der Waals surface area (Å²) < 4.78 is 11.0. The van der Waals surface area contributed by atoms with Crippen LogP contribution in [0.5, 0.6) is 0 Å². The minimum Gasteiger partial charge on any atom is -0.480 e. The molecule has 0 amide bonds. The molecule has 0 fully saturated rings. The van der Waals surface area contributed by atoms with Gasteiger partial charge < -0.3 is 5.11 Å². The van der Waals surface area contributed by atoms with Gasteiger partial charge in [0.15, 0.2) is 5.66 Å². The Kier molecular flexibility index (Phi) is 4.23. The Labute approximate surface area is 66.8 Å². The Morgan fingerprint density at radius 2 is 1.91 bits per heavy atom. The lowest BCUT2D eigenvalue weighted by atomic mass is 10.4. The zero-order valence-electron chi connectivity index (χ0n) is 6.87. The van der Waals surface area contributed by atoms with Crippen LogP contribution in [0.25, 0.3) is 0 Å². The van der Waals surface area contributed by atoms with Crippen LogP contribution in [0.1, 0.15) is 20.8 Å². The zero-order valence-corrected chi connectivity index (χ0v) is 7.76. The molecule has 5 heteroatoms. The molecule has 0 aliphatic heterocycles. The third-order valence-electron chi connectivity index (χ3n) is 1.16. The van der Waals surface area contributed by atoms with Crippen LogP contribution < -0.4 is 5.09 Å². The van der Waals surface area contributed by atoms with Gasteiger partial charge in [-0.2, -0.15) is 0 Å². The average Bonchev–Trinajstić information content (AvgIpc) is 1.87. The normalized spacial score (nSPS) is 14.7. The summed E-state index contributed by atoms with van der Waals surface area (Å²) in [5.74, 6) is -0.978. The second kappa shape index (κ2) is 4.42. The van der Waals surface area contributed by atoms with Crippen molar-refractivity contribution in [2.24, 2.45) is 0 Å². The van der Waals surface area contributed by atoms with Crippen LogP contribution in [0.4, 0.5) is 0 Å². The first-order chi connectivity index (χ1) is 4.95. The van der Waals surface area contributed by atoms with Crippen molar-refractivity contribution in [1.82, 2.24) is 5.09 Å². The summed E-state index contributed by atoms with van der Waals surface area (Å²) in [6, 6.07) is -0.735. The molecule has 0 saturated heterocycles. The molecule has 0 aliphatic carbocycles. The van der Waals surface area contributed by atoms with Gasteiger partial charge in [-0.15, -0.1) is 0 Å². The molecule has 0 radical (unpaired) electrons. The Bertz CT molecular complexity index is 169. The second-order valence-electron chi connectivity index (χ2n) is 2.61. The molecule has 0 aliphatic rings. The fraction of sp³-hybridized carbons (Fsp3) is 0.833. The lowest BCUT2D eigenvalue weighted by Crippen LogP contribution is -2.29.